The van der Waals surface area contributed by atoms with E-state index in [1.165, 1.54) is 16.4 Å². The van der Waals surface area contributed by atoms with E-state index in [2.05, 4.69) is 28.2 Å². The molecule has 21 heavy (non-hydrogen) atoms. The van der Waals surface area contributed by atoms with Gasteiger partial charge in [0.25, 0.3) is 0 Å². The van der Waals surface area contributed by atoms with E-state index >= 15 is 0 Å². The van der Waals surface area contributed by atoms with Gasteiger partial charge in [0, 0.05) is 13.1 Å². The van der Waals surface area contributed by atoms with E-state index < -0.39 is 15.8 Å². The predicted octanol–water partition coefficient (Wildman–Crippen LogP) is 2.60. The second-order valence-electron chi connectivity index (χ2n) is 5.23. The SMILES string of the molecule is CCNCC1CCN(S(=O)(=O)c2ccc(Br)c(F)c2)CC1. The first-order valence-corrected chi connectivity index (χ1v) is 9.34. The van der Waals surface area contributed by atoms with Crippen molar-refractivity contribution >= 4 is 26.0 Å². The summed E-state index contributed by atoms with van der Waals surface area (Å²) in [5.74, 6) is -0.0452. The number of halogens is 2. The smallest absolute Gasteiger partial charge is 0.243 e. The van der Waals surface area contributed by atoms with Crippen molar-refractivity contribution in [2.24, 2.45) is 5.92 Å². The summed E-state index contributed by atoms with van der Waals surface area (Å²) in [6, 6.07) is 3.94. The molecule has 7 heteroatoms. The first-order valence-electron chi connectivity index (χ1n) is 7.11. The van der Waals surface area contributed by atoms with Crippen LogP contribution >= 0.6 is 15.9 Å². The quantitative estimate of drug-likeness (QED) is 0.856. The number of rotatable bonds is 5. The van der Waals surface area contributed by atoms with Crippen molar-refractivity contribution in [3.05, 3.63) is 28.5 Å². The topological polar surface area (TPSA) is 49.4 Å². The third-order valence-corrected chi connectivity index (χ3v) is 6.32. The highest BCUT2D eigenvalue weighted by Crippen LogP contribution is 2.25. The highest BCUT2D eigenvalue weighted by molar-refractivity contribution is 9.10. The third-order valence-electron chi connectivity index (χ3n) is 3.79. The van der Waals surface area contributed by atoms with Crippen molar-refractivity contribution in [2.75, 3.05) is 26.2 Å². The van der Waals surface area contributed by atoms with E-state index in [0.717, 1.165) is 32.0 Å². The van der Waals surface area contributed by atoms with Gasteiger partial charge in [0.05, 0.1) is 9.37 Å². The zero-order chi connectivity index (χ0) is 15.5. The van der Waals surface area contributed by atoms with Crippen LogP contribution in [0.15, 0.2) is 27.6 Å². The van der Waals surface area contributed by atoms with Crippen LogP contribution in [-0.2, 0) is 10.0 Å². The highest BCUT2D eigenvalue weighted by atomic mass is 79.9. The molecule has 0 atom stereocenters. The number of nitrogens with zero attached hydrogens (tertiary/aromatic N) is 1. The standard InChI is InChI=1S/C14H20BrFN2O2S/c1-2-17-10-11-5-7-18(8-6-11)21(19,20)12-3-4-13(15)14(16)9-12/h3-4,9,11,17H,2,5-8,10H2,1H3. The zero-order valence-corrected chi connectivity index (χ0v) is 14.4. The molecule has 1 aliphatic rings. The molecule has 4 nitrogen and oxygen atoms in total. The lowest BCUT2D eigenvalue weighted by molar-refractivity contribution is 0.268. The fourth-order valence-corrected chi connectivity index (χ4v) is 4.22. The molecule has 118 valence electrons. The first kappa shape index (κ1) is 16.9. The lowest BCUT2D eigenvalue weighted by atomic mass is 9.98. The Bertz CT molecular complexity index is 587. The Morgan fingerprint density at radius 2 is 2.05 bits per heavy atom. The normalized spacial score (nSPS) is 18.0. The average Bonchev–Trinajstić information content (AvgIpc) is 2.48. The minimum atomic E-state index is -3.59. The van der Waals surface area contributed by atoms with Crippen molar-refractivity contribution in [2.45, 2.75) is 24.7 Å². The molecular weight excluding hydrogens is 359 g/mol. The number of benzene rings is 1. The second-order valence-corrected chi connectivity index (χ2v) is 8.02. The van der Waals surface area contributed by atoms with Crippen LogP contribution in [0.3, 0.4) is 0 Å². The van der Waals surface area contributed by atoms with Gasteiger partial charge in [0.1, 0.15) is 5.82 Å². The van der Waals surface area contributed by atoms with E-state index in [-0.39, 0.29) is 9.37 Å². The monoisotopic (exact) mass is 378 g/mol. The predicted molar refractivity (Wildman–Crippen MR) is 84.1 cm³/mol. The van der Waals surface area contributed by atoms with Crippen LogP contribution in [0.4, 0.5) is 4.39 Å². The summed E-state index contributed by atoms with van der Waals surface area (Å²) in [7, 11) is -3.59. The molecular formula is C14H20BrFN2O2S. The number of nitrogens with one attached hydrogen (secondary N) is 1. The molecule has 0 amide bonds. The molecule has 0 bridgehead atoms. The first-order chi connectivity index (χ1) is 9.95. The maximum atomic E-state index is 13.5. The Hall–Kier alpha value is -0.500. The van der Waals surface area contributed by atoms with Crippen molar-refractivity contribution in [3.63, 3.8) is 0 Å². The fraction of sp³-hybridized carbons (Fsp3) is 0.571. The molecule has 0 spiro atoms. The molecule has 1 aromatic rings. The number of hydrogen-bond donors (Lipinski definition) is 1. The Kier molecular flexibility index (Phi) is 5.76. The van der Waals surface area contributed by atoms with E-state index in [9.17, 15) is 12.8 Å². The number of sulfonamides is 1. The molecule has 1 fully saturated rings. The summed E-state index contributed by atoms with van der Waals surface area (Å²) in [4.78, 5) is 0.0216. The van der Waals surface area contributed by atoms with Crippen LogP contribution in [0.5, 0.6) is 0 Å². The van der Waals surface area contributed by atoms with Gasteiger partial charge in [-0.2, -0.15) is 4.31 Å². The maximum Gasteiger partial charge on any atom is 0.243 e. The largest absolute Gasteiger partial charge is 0.317 e. The molecule has 1 aromatic carbocycles. The van der Waals surface area contributed by atoms with E-state index in [4.69, 9.17) is 0 Å². The molecule has 0 aliphatic carbocycles. The number of hydrogen-bond acceptors (Lipinski definition) is 3. The molecule has 0 saturated carbocycles. The highest BCUT2D eigenvalue weighted by Gasteiger charge is 2.29. The van der Waals surface area contributed by atoms with Gasteiger partial charge in [-0.3, -0.25) is 0 Å². The Labute approximate surface area is 133 Å². The summed E-state index contributed by atoms with van der Waals surface area (Å²) < 4.78 is 40.3. The minimum absolute atomic E-state index is 0.0216. The van der Waals surface area contributed by atoms with Crippen LogP contribution < -0.4 is 5.32 Å². The summed E-state index contributed by atoms with van der Waals surface area (Å²) >= 11 is 3.03. The Morgan fingerprint density at radius 1 is 1.38 bits per heavy atom. The molecule has 1 aliphatic heterocycles. The molecule has 0 unspecified atom stereocenters. The fourth-order valence-electron chi connectivity index (χ4n) is 2.49. The van der Waals surface area contributed by atoms with Crippen molar-refractivity contribution < 1.29 is 12.8 Å². The second kappa shape index (κ2) is 7.17. The van der Waals surface area contributed by atoms with Crippen LogP contribution in [0.25, 0.3) is 0 Å². The van der Waals surface area contributed by atoms with Gasteiger partial charge in [-0.15, -0.1) is 0 Å². The molecule has 2 rings (SSSR count). The zero-order valence-electron chi connectivity index (χ0n) is 12.0. The summed E-state index contributed by atoms with van der Waals surface area (Å²) in [6.45, 7) is 4.90. The van der Waals surface area contributed by atoms with E-state index in [0.29, 0.717) is 19.0 Å². The Morgan fingerprint density at radius 3 is 2.62 bits per heavy atom. The van der Waals surface area contributed by atoms with Crippen LogP contribution in [0.1, 0.15) is 19.8 Å². The molecule has 1 N–H and O–H groups in total. The van der Waals surface area contributed by atoms with Gasteiger partial charge in [0.2, 0.25) is 10.0 Å². The maximum absolute atomic E-state index is 13.5. The van der Waals surface area contributed by atoms with Gasteiger partial charge < -0.3 is 5.32 Å². The van der Waals surface area contributed by atoms with Gasteiger partial charge in [0.15, 0.2) is 0 Å². The Balaban J connectivity index is 2.06. The lowest BCUT2D eigenvalue weighted by Crippen LogP contribution is -2.40. The summed E-state index contributed by atoms with van der Waals surface area (Å²) in [5.41, 5.74) is 0. The molecule has 0 aromatic heterocycles. The van der Waals surface area contributed by atoms with E-state index in [1.54, 1.807) is 0 Å². The molecule has 1 saturated heterocycles. The van der Waals surface area contributed by atoms with Gasteiger partial charge in [-0.05, 0) is 66.0 Å². The summed E-state index contributed by atoms with van der Waals surface area (Å²) in [5, 5.41) is 3.29. The van der Waals surface area contributed by atoms with E-state index in [1.807, 2.05) is 0 Å². The van der Waals surface area contributed by atoms with Gasteiger partial charge >= 0.3 is 0 Å². The third kappa shape index (κ3) is 4.03. The van der Waals surface area contributed by atoms with Crippen LogP contribution in [0, 0.1) is 11.7 Å². The average molecular weight is 379 g/mol. The van der Waals surface area contributed by atoms with Crippen molar-refractivity contribution in [1.82, 2.24) is 9.62 Å². The van der Waals surface area contributed by atoms with Gasteiger partial charge in [-0.25, -0.2) is 12.8 Å². The molecule has 1 heterocycles. The van der Waals surface area contributed by atoms with Gasteiger partial charge in [-0.1, -0.05) is 6.92 Å². The van der Waals surface area contributed by atoms with Crippen LogP contribution in [-0.4, -0.2) is 38.9 Å². The molecule has 0 radical (unpaired) electrons. The summed E-state index contributed by atoms with van der Waals surface area (Å²) in [6.07, 6.45) is 1.68. The van der Waals surface area contributed by atoms with Crippen molar-refractivity contribution in [1.29, 1.82) is 0 Å². The lowest BCUT2D eigenvalue weighted by Gasteiger charge is -2.31. The van der Waals surface area contributed by atoms with Crippen molar-refractivity contribution in [3.8, 4) is 0 Å². The number of piperidine rings is 1. The minimum Gasteiger partial charge on any atom is -0.317 e. The van der Waals surface area contributed by atoms with Crippen LogP contribution in [0.2, 0.25) is 0 Å².